The van der Waals surface area contributed by atoms with Crippen LogP contribution in [0.4, 0.5) is 0 Å². The van der Waals surface area contributed by atoms with Gasteiger partial charge >= 0.3 is 0 Å². The summed E-state index contributed by atoms with van der Waals surface area (Å²) in [7, 11) is 0. The van der Waals surface area contributed by atoms with Crippen LogP contribution < -0.4 is 0 Å². The molecular weight excluding hydrogens is 292 g/mol. The zero-order valence-electron chi connectivity index (χ0n) is 11.0. The molecule has 0 bridgehead atoms. The van der Waals surface area contributed by atoms with Crippen LogP contribution in [-0.4, -0.2) is 104 Å². The summed E-state index contributed by atoms with van der Waals surface area (Å²) in [5.74, 6) is -2.12. The molecule has 0 aliphatic carbocycles. The van der Waals surface area contributed by atoms with Crippen molar-refractivity contribution in [3.05, 3.63) is 0 Å². The Balaban J connectivity index is 2.12. The molecular formula is C11H20O10. The molecule has 0 radical (unpaired) electrons. The maximum atomic E-state index is 9.92. The Morgan fingerprint density at radius 2 is 1.67 bits per heavy atom. The van der Waals surface area contributed by atoms with Crippen LogP contribution in [0.2, 0.25) is 0 Å². The number of aliphatic hydroxyl groups excluding tert-OH is 7. The Hall–Kier alpha value is -0.400. The van der Waals surface area contributed by atoms with Crippen molar-refractivity contribution < 1.29 is 50.0 Å². The second-order valence-corrected chi connectivity index (χ2v) is 5.11. The smallest absolute Gasteiger partial charge is 0.224 e. The molecule has 2 fully saturated rings. The Kier molecular flexibility index (Phi) is 5.15. The second kappa shape index (κ2) is 6.38. The lowest BCUT2D eigenvalue weighted by Gasteiger charge is -2.40. The Morgan fingerprint density at radius 1 is 1.00 bits per heavy atom. The van der Waals surface area contributed by atoms with Crippen LogP contribution in [0.25, 0.3) is 0 Å². The molecule has 2 aliphatic heterocycles. The van der Waals surface area contributed by atoms with Gasteiger partial charge in [-0.2, -0.15) is 0 Å². The lowest BCUT2D eigenvalue weighted by molar-refractivity contribution is -0.370. The normalized spacial score (nSPS) is 51.3. The van der Waals surface area contributed by atoms with E-state index in [1.165, 1.54) is 0 Å². The number of hydrogen-bond acceptors (Lipinski definition) is 10. The molecule has 0 aromatic rings. The van der Waals surface area contributed by atoms with Crippen molar-refractivity contribution in [1.82, 2.24) is 0 Å². The average molecular weight is 312 g/mol. The van der Waals surface area contributed by atoms with E-state index in [4.69, 9.17) is 19.3 Å². The molecule has 10 heteroatoms. The first-order valence-corrected chi connectivity index (χ1v) is 6.45. The molecule has 8 atom stereocenters. The van der Waals surface area contributed by atoms with Crippen LogP contribution in [0.1, 0.15) is 0 Å². The van der Waals surface area contributed by atoms with Gasteiger partial charge in [0.1, 0.15) is 43.2 Å². The largest absolute Gasteiger partial charge is 0.394 e. The summed E-state index contributed by atoms with van der Waals surface area (Å²) in [6.07, 6.45) is -10.4. The van der Waals surface area contributed by atoms with Crippen molar-refractivity contribution in [3.63, 3.8) is 0 Å². The summed E-state index contributed by atoms with van der Waals surface area (Å²) < 4.78 is 15.3. The molecule has 2 aliphatic rings. The van der Waals surface area contributed by atoms with Gasteiger partial charge in [0.25, 0.3) is 0 Å². The second-order valence-electron chi connectivity index (χ2n) is 5.11. The summed E-state index contributed by atoms with van der Waals surface area (Å²) in [6.45, 7) is -1.86. The zero-order chi connectivity index (χ0) is 15.8. The summed E-state index contributed by atoms with van der Waals surface area (Å²) >= 11 is 0. The number of aliphatic hydroxyl groups is 7. The van der Waals surface area contributed by atoms with E-state index in [1.54, 1.807) is 0 Å². The third-order valence-corrected chi connectivity index (χ3v) is 3.68. The minimum absolute atomic E-state index is 0.341. The van der Waals surface area contributed by atoms with Crippen LogP contribution in [0.15, 0.2) is 0 Å². The molecule has 124 valence electrons. The molecule has 2 rings (SSSR count). The van der Waals surface area contributed by atoms with E-state index in [1.807, 2.05) is 0 Å². The van der Waals surface area contributed by atoms with Gasteiger partial charge in [0.15, 0.2) is 6.29 Å². The first kappa shape index (κ1) is 17.0. The van der Waals surface area contributed by atoms with Crippen molar-refractivity contribution in [2.45, 2.75) is 48.7 Å². The average Bonchev–Trinajstić information content (AvgIpc) is 2.73. The number of hydrogen-bond donors (Lipinski definition) is 7. The zero-order valence-corrected chi connectivity index (χ0v) is 11.0. The van der Waals surface area contributed by atoms with Gasteiger partial charge < -0.3 is 50.0 Å². The first-order chi connectivity index (χ1) is 9.86. The van der Waals surface area contributed by atoms with Crippen molar-refractivity contribution in [3.8, 4) is 0 Å². The fraction of sp³-hybridized carbons (Fsp3) is 1.00. The van der Waals surface area contributed by atoms with Gasteiger partial charge in [0, 0.05) is 0 Å². The maximum absolute atomic E-state index is 9.92. The Bertz CT molecular complexity index is 354. The molecule has 2 unspecified atom stereocenters. The molecule has 0 aromatic carbocycles. The Morgan fingerprint density at radius 3 is 2.19 bits per heavy atom. The van der Waals surface area contributed by atoms with Crippen LogP contribution in [0.5, 0.6) is 0 Å². The van der Waals surface area contributed by atoms with E-state index in [0.717, 1.165) is 0 Å². The molecule has 0 amide bonds. The summed E-state index contributed by atoms with van der Waals surface area (Å²) in [5, 5.41) is 66.7. The standard InChI is InChI=1S/C11H20O10/c12-1-5-7(16)9(18)11(3-13,20-5)21-10-8(17)6(15)4(14)2-19-10/h4-10,12-18H,1-3H2/t4-,5+,6?,7?,8+,9-,10-,11+/m1/s1. The molecule has 0 saturated carbocycles. The SMILES string of the molecule is OC[C@@H]1O[C@@](CO)(O[C@H]2OC[C@@H](O)C(O)[C@@H]2O)[C@H](O)C1O. The lowest BCUT2D eigenvalue weighted by atomic mass is 10.0. The molecule has 2 saturated heterocycles. The van der Waals surface area contributed by atoms with E-state index < -0.39 is 61.9 Å². The van der Waals surface area contributed by atoms with Gasteiger partial charge in [-0.05, 0) is 0 Å². The fourth-order valence-corrected chi connectivity index (χ4v) is 2.35. The molecule has 0 spiro atoms. The van der Waals surface area contributed by atoms with Crippen LogP contribution >= 0.6 is 0 Å². The van der Waals surface area contributed by atoms with Gasteiger partial charge in [-0.3, -0.25) is 0 Å². The van der Waals surface area contributed by atoms with E-state index >= 15 is 0 Å². The first-order valence-electron chi connectivity index (χ1n) is 6.45. The highest BCUT2D eigenvalue weighted by Gasteiger charge is 2.57. The van der Waals surface area contributed by atoms with Crippen molar-refractivity contribution in [1.29, 1.82) is 0 Å². The third kappa shape index (κ3) is 2.92. The number of rotatable bonds is 4. The van der Waals surface area contributed by atoms with Crippen molar-refractivity contribution >= 4 is 0 Å². The monoisotopic (exact) mass is 312 g/mol. The van der Waals surface area contributed by atoms with E-state index in [2.05, 4.69) is 0 Å². The molecule has 7 N–H and O–H groups in total. The van der Waals surface area contributed by atoms with E-state index in [9.17, 15) is 30.6 Å². The topological polar surface area (TPSA) is 169 Å². The quantitative estimate of drug-likeness (QED) is 0.267. The third-order valence-electron chi connectivity index (χ3n) is 3.68. The minimum atomic E-state index is -2.12. The lowest BCUT2D eigenvalue weighted by Crippen LogP contribution is -2.59. The summed E-state index contributed by atoms with van der Waals surface area (Å²) in [4.78, 5) is 0. The van der Waals surface area contributed by atoms with Gasteiger partial charge in [-0.1, -0.05) is 0 Å². The summed E-state index contributed by atoms with van der Waals surface area (Å²) in [5.41, 5.74) is 0. The Labute approximate surface area is 119 Å². The van der Waals surface area contributed by atoms with Crippen molar-refractivity contribution in [2.24, 2.45) is 0 Å². The van der Waals surface area contributed by atoms with Crippen LogP contribution in [-0.2, 0) is 14.2 Å². The van der Waals surface area contributed by atoms with Gasteiger partial charge in [-0.25, -0.2) is 0 Å². The van der Waals surface area contributed by atoms with Gasteiger partial charge in [0.2, 0.25) is 5.79 Å². The van der Waals surface area contributed by atoms with E-state index in [0.29, 0.717) is 0 Å². The highest BCUT2D eigenvalue weighted by atomic mass is 16.8. The molecule has 21 heavy (non-hydrogen) atoms. The summed E-state index contributed by atoms with van der Waals surface area (Å²) in [6, 6.07) is 0. The molecule has 0 aromatic heterocycles. The maximum Gasteiger partial charge on any atom is 0.224 e. The van der Waals surface area contributed by atoms with E-state index in [-0.39, 0.29) is 6.61 Å². The predicted molar refractivity (Wildman–Crippen MR) is 62.6 cm³/mol. The minimum Gasteiger partial charge on any atom is -0.394 e. The fourth-order valence-electron chi connectivity index (χ4n) is 2.35. The van der Waals surface area contributed by atoms with Crippen LogP contribution in [0.3, 0.4) is 0 Å². The highest BCUT2D eigenvalue weighted by Crippen LogP contribution is 2.35. The van der Waals surface area contributed by atoms with Crippen LogP contribution in [0, 0.1) is 0 Å². The van der Waals surface area contributed by atoms with Crippen molar-refractivity contribution in [2.75, 3.05) is 19.8 Å². The van der Waals surface area contributed by atoms with Gasteiger partial charge in [0.05, 0.1) is 13.2 Å². The molecule has 2 heterocycles. The highest BCUT2D eigenvalue weighted by molar-refractivity contribution is 4.97. The predicted octanol–water partition coefficient (Wildman–Crippen LogP) is -4.76. The number of ether oxygens (including phenoxy) is 3. The van der Waals surface area contributed by atoms with Gasteiger partial charge in [-0.15, -0.1) is 0 Å². The molecule has 10 nitrogen and oxygen atoms in total.